The van der Waals surface area contributed by atoms with Crippen molar-refractivity contribution in [1.82, 2.24) is 0 Å². The average Bonchev–Trinajstić information content (AvgIpc) is 2.05. The maximum absolute atomic E-state index is 11.1. The highest BCUT2D eigenvalue weighted by Crippen LogP contribution is 2.02. The van der Waals surface area contributed by atoms with E-state index in [-0.39, 0.29) is 12.1 Å². The first-order valence-corrected chi connectivity index (χ1v) is 4.89. The van der Waals surface area contributed by atoms with E-state index in [0.29, 0.717) is 13.0 Å². The van der Waals surface area contributed by atoms with E-state index in [4.69, 9.17) is 9.47 Å². The number of ether oxygens (including phenoxy) is 2. The van der Waals surface area contributed by atoms with Crippen LogP contribution in [0.2, 0.25) is 0 Å². The van der Waals surface area contributed by atoms with Gasteiger partial charge in [0.1, 0.15) is 6.10 Å². The second-order valence-corrected chi connectivity index (χ2v) is 3.21. The fraction of sp³-hybridized carbons (Fsp3) is 0.900. The van der Waals surface area contributed by atoms with E-state index in [9.17, 15) is 4.79 Å². The first kappa shape index (κ1) is 12.4. The molecule has 0 aliphatic carbocycles. The molecule has 1 atom stereocenters. The van der Waals surface area contributed by atoms with Crippen LogP contribution in [0.3, 0.4) is 0 Å². The van der Waals surface area contributed by atoms with Crippen LogP contribution in [0, 0.1) is 0 Å². The van der Waals surface area contributed by atoms with E-state index in [1.54, 1.807) is 7.11 Å². The molecule has 0 fully saturated rings. The van der Waals surface area contributed by atoms with E-state index < -0.39 is 0 Å². The van der Waals surface area contributed by atoms with Gasteiger partial charge in [-0.15, -0.1) is 0 Å². The van der Waals surface area contributed by atoms with Gasteiger partial charge in [0.05, 0.1) is 6.61 Å². The van der Waals surface area contributed by atoms with Gasteiger partial charge in [0.2, 0.25) is 0 Å². The molecule has 0 aliphatic heterocycles. The number of unbranched alkanes of at least 4 members (excludes halogenated alkanes) is 2. The molecule has 0 saturated heterocycles. The highest BCUT2D eigenvalue weighted by molar-refractivity contribution is 5.69. The van der Waals surface area contributed by atoms with Crippen molar-refractivity contribution < 1.29 is 14.3 Å². The summed E-state index contributed by atoms with van der Waals surface area (Å²) in [5.41, 5.74) is 0. The van der Waals surface area contributed by atoms with Crippen LogP contribution in [-0.4, -0.2) is 25.8 Å². The lowest BCUT2D eigenvalue weighted by atomic mass is 10.2. The SMILES string of the molecule is CCCCCC(=O)O[C@H](C)COC. The second-order valence-electron chi connectivity index (χ2n) is 3.21. The van der Waals surface area contributed by atoms with Gasteiger partial charge in [-0.3, -0.25) is 4.79 Å². The first-order valence-electron chi connectivity index (χ1n) is 4.89. The largest absolute Gasteiger partial charge is 0.460 e. The lowest BCUT2D eigenvalue weighted by Gasteiger charge is -2.11. The smallest absolute Gasteiger partial charge is 0.306 e. The predicted octanol–water partition coefficient (Wildman–Crippen LogP) is 2.14. The van der Waals surface area contributed by atoms with E-state index in [1.807, 2.05) is 6.92 Å². The molecule has 0 saturated carbocycles. The zero-order chi connectivity index (χ0) is 10.1. The minimum absolute atomic E-state index is 0.113. The molecule has 0 heterocycles. The Morgan fingerprint density at radius 3 is 2.62 bits per heavy atom. The van der Waals surface area contributed by atoms with Crippen LogP contribution in [0.25, 0.3) is 0 Å². The molecule has 3 nitrogen and oxygen atoms in total. The number of hydrogen-bond acceptors (Lipinski definition) is 3. The third-order valence-corrected chi connectivity index (χ3v) is 1.72. The Hall–Kier alpha value is -0.570. The van der Waals surface area contributed by atoms with Crippen molar-refractivity contribution in [3.63, 3.8) is 0 Å². The summed E-state index contributed by atoms with van der Waals surface area (Å²) in [5, 5.41) is 0. The van der Waals surface area contributed by atoms with Crippen LogP contribution in [0.5, 0.6) is 0 Å². The minimum Gasteiger partial charge on any atom is -0.460 e. The summed E-state index contributed by atoms with van der Waals surface area (Å²) in [7, 11) is 1.60. The number of rotatable bonds is 7. The van der Waals surface area contributed by atoms with Crippen molar-refractivity contribution in [1.29, 1.82) is 0 Å². The first-order chi connectivity index (χ1) is 6.20. The maximum atomic E-state index is 11.1. The zero-order valence-electron chi connectivity index (χ0n) is 8.84. The topological polar surface area (TPSA) is 35.5 Å². The normalized spacial score (nSPS) is 12.5. The van der Waals surface area contributed by atoms with Gasteiger partial charge in [0.25, 0.3) is 0 Å². The fourth-order valence-electron chi connectivity index (χ4n) is 1.07. The van der Waals surface area contributed by atoms with Crippen LogP contribution in [0.4, 0.5) is 0 Å². The van der Waals surface area contributed by atoms with Crippen molar-refractivity contribution in [3.8, 4) is 0 Å². The third kappa shape index (κ3) is 7.78. The molecular weight excluding hydrogens is 168 g/mol. The lowest BCUT2D eigenvalue weighted by Crippen LogP contribution is -2.19. The molecule has 0 aromatic rings. The molecular formula is C10H20O3. The quantitative estimate of drug-likeness (QED) is 0.453. The predicted molar refractivity (Wildman–Crippen MR) is 51.6 cm³/mol. The molecule has 0 N–H and O–H groups in total. The third-order valence-electron chi connectivity index (χ3n) is 1.72. The van der Waals surface area contributed by atoms with E-state index in [0.717, 1.165) is 19.3 Å². The number of carbonyl (C=O) groups is 1. The van der Waals surface area contributed by atoms with Crippen molar-refractivity contribution >= 4 is 5.97 Å². The molecule has 0 bridgehead atoms. The van der Waals surface area contributed by atoms with Gasteiger partial charge < -0.3 is 9.47 Å². The molecule has 3 heteroatoms. The van der Waals surface area contributed by atoms with Gasteiger partial charge in [0.15, 0.2) is 0 Å². The fourth-order valence-corrected chi connectivity index (χ4v) is 1.07. The van der Waals surface area contributed by atoms with Crippen LogP contribution >= 0.6 is 0 Å². The van der Waals surface area contributed by atoms with Gasteiger partial charge >= 0.3 is 5.97 Å². The molecule has 0 spiro atoms. The molecule has 13 heavy (non-hydrogen) atoms. The number of esters is 1. The van der Waals surface area contributed by atoms with Gasteiger partial charge in [-0.1, -0.05) is 19.8 Å². The summed E-state index contributed by atoms with van der Waals surface area (Å²) in [6.07, 6.45) is 3.55. The Bertz CT molecular complexity index is 134. The van der Waals surface area contributed by atoms with Crippen molar-refractivity contribution in [2.75, 3.05) is 13.7 Å². The van der Waals surface area contributed by atoms with Crippen molar-refractivity contribution in [2.45, 2.75) is 45.6 Å². The van der Waals surface area contributed by atoms with E-state index in [2.05, 4.69) is 6.92 Å². The Balaban J connectivity index is 3.38. The van der Waals surface area contributed by atoms with Gasteiger partial charge in [-0.25, -0.2) is 0 Å². The molecule has 0 amide bonds. The molecule has 0 rings (SSSR count). The highest BCUT2D eigenvalue weighted by Gasteiger charge is 2.07. The van der Waals surface area contributed by atoms with Crippen LogP contribution in [0.15, 0.2) is 0 Å². The van der Waals surface area contributed by atoms with Gasteiger partial charge in [-0.05, 0) is 13.3 Å². The Morgan fingerprint density at radius 1 is 1.38 bits per heavy atom. The highest BCUT2D eigenvalue weighted by atomic mass is 16.6. The molecule has 78 valence electrons. The molecule has 0 aromatic heterocycles. The van der Waals surface area contributed by atoms with Crippen molar-refractivity contribution in [3.05, 3.63) is 0 Å². The van der Waals surface area contributed by atoms with E-state index >= 15 is 0 Å². The Labute approximate surface area is 80.4 Å². The van der Waals surface area contributed by atoms with Crippen LogP contribution < -0.4 is 0 Å². The molecule has 0 aromatic carbocycles. The second kappa shape index (κ2) is 8.05. The summed E-state index contributed by atoms with van der Waals surface area (Å²) < 4.78 is 9.93. The average molecular weight is 188 g/mol. The zero-order valence-corrected chi connectivity index (χ0v) is 8.84. The summed E-state index contributed by atoms with van der Waals surface area (Å²) in [6.45, 7) is 4.42. The minimum atomic E-state index is -0.126. The summed E-state index contributed by atoms with van der Waals surface area (Å²) in [6, 6.07) is 0. The van der Waals surface area contributed by atoms with Gasteiger partial charge in [-0.2, -0.15) is 0 Å². The van der Waals surface area contributed by atoms with Crippen LogP contribution in [-0.2, 0) is 14.3 Å². The lowest BCUT2D eigenvalue weighted by molar-refractivity contribution is -0.150. The van der Waals surface area contributed by atoms with Gasteiger partial charge in [0, 0.05) is 13.5 Å². The van der Waals surface area contributed by atoms with E-state index in [1.165, 1.54) is 0 Å². The molecule has 0 unspecified atom stereocenters. The standard InChI is InChI=1S/C10H20O3/c1-4-5-6-7-10(11)13-9(2)8-12-3/h9H,4-8H2,1-3H3/t9-/m1/s1. The Kier molecular flexibility index (Phi) is 7.69. The molecule has 0 radical (unpaired) electrons. The summed E-state index contributed by atoms with van der Waals surface area (Å²) in [5.74, 6) is -0.113. The number of methoxy groups -OCH3 is 1. The number of carbonyl (C=O) groups excluding carboxylic acids is 1. The van der Waals surface area contributed by atoms with Crippen molar-refractivity contribution in [2.24, 2.45) is 0 Å². The Morgan fingerprint density at radius 2 is 2.08 bits per heavy atom. The monoisotopic (exact) mass is 188 g/mol. The number of hydrogen-bond donors (Lipinski definition) is 0. The van der Waals surface area contributed by atoms with Crippen LogP contribution in [0.1, 0.15) is 39.5 Å². The summed E-state index contributed by atoms with van der Waals surface area (Å²) in [4.78, 5) is 11.1. The summed E-state index contributed by atoms with van der Waals surface area (Å²) >= 11 is 0. The molecule has 0 aliphatic rings. The maximum Gasteiger partial charge on any atom is 0.306 e.